The Hall–Kier alpha value is -1.73. The quantitative estimate of drug-likeness (QED) is 0.745. The first kappa shape index (κ1) is 14.7. The van der Waals surface area contributed by atoms with Gasteiger partial charge in [-0.25, -0.2) is 4.98 Å². The largest absolute Gasteiger partial charge is 0.348 e. The summed E-state index contributed by atoms with van der Waals surface area (Å²) < 4.78 is 5.24. The smallest absolute Gasteiger partial charge is 0.243 e. The van der Waals surface area contributed by atoms with Crippen molar-refractivity contribution in [3.05, 3.63) is 29.9 Å². The highest BCUT2D eigenvalue weighted by molar-refractivity contribution is 5.02. The van der Waals surface area contributed by atoms with Crippen LogP contribution in [0.4, 0.5) is 0 Å². The Labute approximate surface area is 118 Å². The minimum Gasteiger partial charge on any atom is -0.348 e. The third kappa shape index (κ3) is 3.88. The summed E-state index contributed by atoms with van der Waals surface area (Å²) in [6.45, 7) is 7.28. The van der Waals surface area contributed by atoms with Gasteiger partial charge in [-0.3, -0.25) is 0 Å². The summed E-state index contributed by atoms with van der Waals surface area (Å²) in [4.78, 5) is 13.7. The van der Waals surface area contributed by atoms with Crippen molar-refractivity contribution in [1.82, 2.24) is 25.0 Å². The van der Waals surface area contributed by atoms with E-state index in [4.69, 9.17) is 10.3 Å². The van der Waals surface area contributed by atoms with Crippen LogP contribution in [-0.2, 0) is 12.8 Å². The van der Waals surface area contributed by atoms with Crippen molar-refractivity contribution in [1.29, 1.82) is 0 Å². The number of nitrogens with zero attached hydrogens (tertiary/aromatic N) is 4. The van der Waals surface area contributed by atoms with E-state index in [-0.39, 0.29) is 6.04 Å². The third-order valence-corrected chi connectivity index (χ3v) is 3.34. The molecule has 0 fully saturated rings. The Morgan fingerprint density at radius 1 is 1.40 bits per heavy atom. The fourth-order valence-corrected chi connectivity index (χ4v) is 2.04. The lowest BCUT2D eigenvalue weighted by Gasteiger charge is -2.16. The molecule has 1 atom stereocenters. The standard InChI is InChI=1S/C13H22N6O/c1-3-19(4-2)6-5-12-17-13(20-18-12)11(14)7-10-8-15-9-16-10/h8-9,11H,3-7,14H2,1-2H3,(H,15,16)/t11-/m1/s1. The highest BCUT2D eigenvalue weighted by atomic mass is 16.5. The van der Waals surface area contributed by atoms with E-state index in [1.165, 1.54) is 0 Å². The summed E-state index contributed by atoms with van der Waals surface area (Å²) in [5.41, 5.74) is 7.01. The monoisotopic (exact) mass is 278 g/mol. The van der Waals surface area contributed by atoms with Crippen molar-refractivity contribution in [2.24, 2.45) is 5.73 Å². The molecule has 2 aromatic rings. The zero-order valence-electron chi connectivity index (χ0n) is 12.0. The van der Waals surface area contributed by atoms with Crippen LogP contribution < -0.4 is 5.73 Å². The van der Waals surface area contributed by atoms with Crippen molar-refractivity contribution in [3.8, 4) is 0 Å². The molecule has 0 amide bonds. The van der Waals surface area contributed by atoms with Crippen LogP contribution in [0, 0.1) is 0 Å². The van der Waals surface area contributed by atoms with E-state index in [9.17, 15) is 0 Å². The highest BCUT2D eigenvalue weighted by Gasteiger charge is 2.16. The van der Waals surface area contributed by atoms with Crippen LogP contribution >= 0.6 is 0 Å². The van der Waals surface area contributed by atoms with Gasteiger partial charge in [-0.15, -0.1) is 0 Å². The average Bonchev–Trinajstić information content (AvgIpc) is 3.11. The van der Waals surface area contributed by atoms with Crippen molar-refractivity contribution < 1.29 is 4.52 Å². The van der Waals surface area contributed by atoms with Gasteiger partial charge in [0, 0.05) is 31.3 Å². The summed E-state index contributed by atoms with van der Waals surface area (Å²) >= 11 is 0. The van der Waals surface area contributed by atoms with Crippen LogP contribution in [0.3, 0.4) is 0 Å². The van der Waals surface area contributed by atoms with E-state index in [1.807, 2.05) is 0 Å². The fourth-order valence-electron chi connectivity index (χ4n) is 2.04. The van der Waals surface area contributed by atoms with Crippen LogP contribution in [0.15, 0.2) is 17.0 Å². The number of hydrogen-bond acceptors (Lipinski definition) is 6. The minimum absolute atomic E-state index is 0.301. The zero-order chi connectivity index (χ0) is 14.4. The van der Waals surface area contributed by atoms with E-state index in [2.05, 4.69) is 38.9 Å². The molecule has 2 rings (SSSR count). The van der Waals surface area contributed by atoms with Crippen molar-refractivity contribution in [3.63, 3.8) is 0 Å². The fraction of sp³-hybridized carbons (Fsp3) is 0.615. The number of nitrogens with two attached hydrogens (primary N) is 1. The zero-order valence-corrected chi connectivity index (χ0v) is 12.0. The van der Waals surface area contributed by atoms with Crippen LogP contribution in [0.5, 0.6) is 0 Å². The van der Waals surface area contributed by atoms with E-state index in [1.54, 1.807) is 12.5 Å². The number of likely N-dealkylation sites (N-methyl/N-ethyl adjacent to an activating group) is 1. The van der Waals surface area contributed by atoms with E-state index in [0.717, 1.165) is 31.7 Å². The topological polar surface area (TPSA) is 96.9 Å². The minimum atomic E-state index is -0.301. The highest BCUT2D eigenvalue weighted by Crippen LogP contribution is 2.12. The van der Waals surface area contributed by atoms with E-state index < -0.39 is 0 Å². The summed E-state index contributed by atoms with van der Waals surface area (Å²) in [5.74, 6) is 1.20. The van der Waals surface area contributed by atoms with Gasteiger partial charge < -0.3 is 20.1 Å². The van der Waals surface area contributed by atoms with E-state index >= 15 is 0 Å². The van der Waals surface area contributed by atoms with Crippen LogP contribution in [0.1, 0.15) is 37.3 Å². The predicted molar refractivity (Wildman–Crippen MR) is 75.0 cm³/mol. The van der Waals surface area contributed by atoms with Crippen molar-refractivity contribution in [2.75, 3.05) is 19.6 Å². The summed E-state index contributed by atoms with van der Waals surface area (Å²) in [7, 11) is 0. The molecular weight excluding hydrogens is 256 g/mol. The molecule has 0 unspecified atom stereocenters. The van der Waals surface area contributed by atoms with Crippen molar-refractivity contribution >= 4 is 0 Å². The van der Waals surface area contributed by atoms with Crippen LogP contribution in [0.25, 0.3) is 0 Å². The molecule has 0 saturated carbocycles. The van der Waals surface area contributed by atoms with Gasteiger partial charge in [-0.1, -0.05) is 19.0 Å². The molecule has 0 aliphatic carbocycles. The Kier molecular flexibility index (Phi) is 5.25. The normalized spacial score (nSPS) is 13.0. The second-order valence-electron chi connectivity index (χ2n) is 4.71. The van der Waals surface area contributed by atoms with Gasteiger partial charge in [-0.05, 0) is 13.1 Å². The lowest BCUT2D eigenvalue weighted by molar-refractivity contribution is 0.302. The maximum Gasteiger partial charge on any atom is 0.243 e. The number of aromatic amines is 1. The van der Waals surface area contributed by atoms with Gasteiger partial charge in [-0.2, -0.15) is 4.98 Å². The summed E-state index contributed by atoms with van der Waals surface area (Å²) in [6, 6.07) is -0.301. The second-order valence-corrected chi connectivity index (χ2v) is 4.71. The molecular formula is C13H22N6O. The van der Waals surface area contributed by atoms with Gasteiger partial charge in [0.15, 0.2) is 5.82 Å². The van der Waals surface area contributed by atoms with Gasteiger partial charge >= 0.3 is 0 Å². The lowest BCUT2D eigenvalue weighted by atomic mass is 10.2. The second kappa shape index (κ2) is 7.16. The molecule has 7 heteroatoms. The van der Waals surface area contributed by atoms with Gasteiger partial charge in [0.25, 0.3) is 0 Å². The first-order chi connectivity index (χ1) is 9.72. The van der Waals surface area contributed by atoms with Gasteiger partial charge in [0.1, 0.15) is 0 Å². The molecule has 3 N–H and O–H groups in total. The molecule has 0 saturated heterocycles. The number of nitrogens with one attached hydrogen (secondary N) is 1. The Morgan fingerprint density at radius 2 is 2.20 bits per heavy atom. The molecule has 0 radical (unpaired) electrons. The van der Waals surface area contributed by atoms with Crippen LogP contribution in [-0.4, -0.2) is 44.6 Å². The number of H-pyrrole nitrogens is 1. The molecule has 0 aliphatic rings. The van der Waals surface area contributed by atoms with Gasteiger partial charge in [0.05, 0.1) is 12.4 Å². The summed E-state index contributed by atoms with van der Waals surface area (Å²) in [6.07, 6.45) is 4.77. The molecule has 0 aliphatic heterocycles. The number of rotatable bonds is 8. The summed E-state index contributed by atoms with van der Waals surface area (Å²) in [5, 5.41) is 3.99. The molecule has 110 valence electrons. The third-order valence-electron chi connectivity index (χ3n) is 3.34. The molecule has 0 spiro atoms. The molecule has 7 nitrogen and oxygen atoms in total. The molecule has 0 bridgehead atoms. The number of aromatic nitrogens is 4. The maximum atomic E-state index is 6.05. The Morgan fingerprint density at radius 3 is 2.85 bits per heavy atom. The first-order valence-corrected chi connectivity index (χ1v) is 7.00. The molecule has 2 aromatic heterocycles. The number of imidazole rings is 1. The first-order valence-electron chi connectivity index (χ1n) is 7.00. The number of hydrogen-bond donors (Lipinski definition) is 2. The molecule has 2 heterocycles. The average molecular weight is 278 g/mol. The Balaban J connectivity index is 1.88. The van der Waals surface area contributed by atoms with Crippen LogP contribution in [0.2, 0.25) is 0 Å². The van der Waals surface area contributed by atoms with Gasteiger partial charge in [0.2, 0.25) is 5.89 Å². The Bertz CT molecular complexity index is 491. The van der Waals surface area contributed by atoms with Crippen molar-refractivity contribution in [2.45, 2.75) is 32.7 Å². The lowest BCUT2D eigenvalue weighted by Crippen LogP contribution is -2.25. The van der Waals surface area contributed by atoms with E-state index in [0.29, 0.717) is 18.1 Å². The molecule has 0 aromatic carbocycles. The maximum absolute atomic E-state index is 6.05. The predicted octanol–water partition coefficient (Wildman–Crippen LogP) is 0.919. The molecule has 20 heavy (non-hydrogen) atoms. The SMILES string of the molecule is CCN(CC)CCc1noc([C@H](N)Cc2cnc[nH]2)n1.